The quantitative estimate of drug-likeness (QED) is 0.853. The topological polar surface area (TPSA) is 45.5 Å². The molecule has 4 nitrogen and oxygen atoms in total. The Bertz CT molecular complexity index is 510. The van der Waals surface area contributed by atoms with Crippen molar-refractivity contribution in [1.82, 2.24) is 4.90 Å². The van der Waals surface area contributed by atoms with Gasteiger partial charge in [0.15, 0.2) is 0 Å². The maximum absolute atomic E-state index is 9.06. The molecule has 1 aliphatic carbocycles. The molecule has 0 spiro atoms. The molecule has 1 heterocycles. The fraction of sp³-hybridized carbons (Fsp3) is 0.588. The van der Waals surface area contributed by atoms with Crippen molar-refractivity contribution >= 4 is 0 Å². The SMILES string of the molecule is N#Cc1ccccc1OCCN1CCOC2CCCCC21. The average Bonchev–Trinajstić information content (AvgIpc) is 2.55. The highest BCUT2D eigenvalue weighted by Gasteiger charge is 2.33. The molecule has 1 saturated heterocycles. The maximum atomic E-state index is 9.06. The van der Waals surface area contributed by atoms with Crippen molar-refractivity contribution in [1.29, 1.82) is 5.26 Å². The molecule has 2 fully saturated rings. The lowest BCUT2D eigenvalue weighted by Crippen LogP contribution is -2.53. The highest BCUT2D eigenvalue weighted by atomic mass is 16.5. The van der Waals surface area contributed by atoms with Gasteiger partial charge in [-0.05, 0) is 25.0 Å². The van der Waals surface area contributed by atoms with E-state index >= 15 is 0 Å². The number of rotatable bonds is 4. The first kappa shape index (κ1) is 14.4. The smallest absolute Gasteiger partial charge is 0.137 e. The molecule has 1 aliphatic heterocycles. The van der Waals surface area contributed by atoms with Crippen LogP contribution < -0.4 is 4.74 Å². The summed E-state index contributed by atoms with van der Waals surface area (Å²) in [4.78, 5) is 2.50. The first-order chi connectivity index (χ1) is 10.4. The zero-order valence-corrected chi connectivity index (χ0v) is 12.3. The summed E-state index contributed by atoms with van der Waals surface area (Å²) in [5.41, 5.74) is 0.607. The van der Waals surface area contributed by atoms with Crippen molar-refractivity contribution in [3.8, 4) is 11.8 Å². The van der Waals surface area contributed by atoms with Crippen LogP contribution in [0.5, 0.6) is 5.75 Å². The highest BCUT2D eigenvalue weighted by Crippen LogP contribution is 2.28. The molecule has 0 bridgehead atoms. The predicted octanol–water partition coefficient (Wildman–Crippen LogP) is 2.58. The summed E-state index contributed by atoms with van der Waals surface area (Å²) in [5, 5.41) is 9.06. The summed E-state index contributed by atoms with van der Waals surface area (Å²) >= 11 is 0. The highest BCUT2D eigenvalue weighted by molar-refractivity contribution is 5.42. The van der Waals surface area contributed by atoms with Gasteiger partial charge in [-0.1, -0.05) is 25.0 Å². The first-order valence-corrected chi connectivity index (χ1v) is 7.86. The minimum absolute atomic E-state index is 0.416. The van der Waals surface area contributed by atoms with Gasteiger partial charge < -0.3 is 9.47 Å². The van der Waals surface area contributed by atoms with E-state index in [9.17, 15) is 0 Å². The molecule has 0 radical (unpaired) electrons. The van der Waals surface area contributed by atoms with E-state index in [1.165, 1.54) is 25.7 Å². The van der Waals surface area contributed by atoms with Crippen molar-refractivity contribution in [3.63, 3.8) is 0 Å². The van der Waals surface area contributed by atoms with Crippen LogP contribution in [0.4, 0.5) is 0 Å². The van der Waals surface area contributed by atoms with Gasteiger partial charge in [0, 0.05) is 19.1 Å². The molecule has 0 amide bonds. The molecule has 4 heteroatoms. The zero-order chi connectivity index (χ0) is 14.5. The summed E-state index contributed by atoms with van der Waals surface area (Å²) in [6, 6.07) is 10.1. The number of ether oxygens (including phenoxy) is 2. The molecular weight excluding hydrogens is 264 g/mol. The Morgan fingerprint density at radius 3 is 3.05 bits per heavy atom. The van der Waals surface area contributed by atoms with Gasteiger partial charge >= 0.3 is 0 Å². The van der Waals surface area contributed by atoms with Crippen LogP contribution in [0, 0.1) is 11.3 Å². The van der Waals surface area contributed by atoms with E-state index in [1.807, 2.05) is 18.2 Å². The Hall–Kier alpha value is -1.57. The van der Waals surface area contributed by atoms with Gasteiger partial charge in [0.2, 0.25) is 0 Å². The summed E-state index contributed by atoms with van der Waals surface area (Å²) in [7, 11) is 0. The van der Waals surface area contributed by atoms with Gasteiger partial charge in [0.05, 0.1) is 18.3 Å². The third kappa shape index (κ3) is 3.37. The Kier molecular flexibility index (Phi) is 4.74. The van der Waals surface area contributed by atoms with E-state index in [-0.39, 0.29) is 0 Å². The van der Waals surface area contributed by atoms with Crippen molar-refractivity contribution in [3.05, 3.63) is 29.8 Å². The zero-order valence-electron chi connectivity index (χ0n) is 12.3. The molecule has 1 saturated carbocycles. The van der Waals surface area contributed by atoms with Crippen LogP contribution in [0.15, 0.2) is 24.3 Å². The molecule has 0 N–H and O–H groups in total. The number of hydrogen-bond donors (Lipinski definition) is 0. The van der Waals surface area contributed by atoms with E-state index in [1.54, 1.807) is 6.07 Å². The lowest BCUT2D eigenvalue weighted by Gasteiger charge is -2.43. The Balaban J connectivity index is 1.54. The Morgan fingerprint density at radius 1 is 1.29 bits per heavy atom. The minimum atomic E-state index is 0.416. The normalized spacial score (nSPS) is 25.9. The summed E-state index contributed by atoms with van der Waals surface area (Å²) < 4.78 is 11.7. The molecule has 1 aromatic carbocycles. The maximum Gasteiger partial charge on any atom is 0.137 e. The molecule has 21 heavy (non-hydrogen) atoms. The Labute approximate surface area is 126 Å². The lowest BCUT2D eigenvalue weighted by molar-refractivity contribution is -0.0901. The molecule has 2 aliphatic rings. The van der Waals surface area contributed by atoms with Crippen molar-refractivity contribution in [2.45, 2.75) is 37.8 Å². The number of morpholine rings is 1. The third-order valence-electron chi connectivity index (χ3n) is 4.49. The van der Waals surface area contributed by atoms with Crippen LogP contribution in [0.3, 0.4) is 0 Å². The number of nitriles is 1. The van der Waals surface area contributed by atoms with Crippen LogP contribution in [-0.2, 0) is 4.74 Å². The fourth-order valence-electron chi connectivity index (χ4n) is 3.41. The van der Waals surface area contributed by atoms with E-state index in [0.717, 1.165) is 19.7 Å². The van der Waals surface area contributed by atoms with Crippen LogP contribution >= 0.6 is 0 Å². The fourth-order valence-corrected chi connectivity index (χ4v) is 3.41. The molecule has 2 unspecified atom stereocenters. The van der Waals surface area contributed by atoms with E-state index < -0.39 is 0 Å². The second-order valence-electron chi connectivity index (χ2n) is 5.75. The van der Waals surface area contributed by atoms with Crippen molar-refractivity contribution < 1.29 is 9.47 Å². The molecule has 3 rings (SSSR count). The Morgan fingerprint density at radius 2 is 2.14 bits per heavy atom. The van der Waals surface area contributed by atoms with Crippen LogP contribution in [0.25, 0.3) is 0 Å². The average molecular weight is 286 g/mol. The van der Waals surface area contributed by atoms with E-state index in [4.69, 9.17) is 14.7 Å². The van der Waals surface area contributed by atoms with E-state index in [2.05, 4.69) is 11.0 Å². The van der Waals surface area contributed by atoms with Gasteiger partial charge in [-0.25, -0.2) is 0 Å². The van der Waals surface area contributed by atoms with Crippen LogP contribution in [0.1, 0.15) is 31.2 Å². The lowest BCUT2D eigenvalue weighted by atomic mass is 9.90. The van der Waals surface area contributed by atoms with Crippen LogP contribution in [0.2, 0.25) is 0 Å². The number of hydrogen-bond acceptors (Lipinski definition) is 4. The van der Waals surface area contributed by atoms with Gasteiger partial charge in [-0.3, -0.25) is 4.90 Å². The third-order valence-corrected chi connectivity index (χ3v) is 4.49. The van der Waals surface area contributed by atoms with Gasteiger partial charge in [0.25, 0.3) is 0 Å². The van der Waals surface area contributed by atoms with Crippen LogP contribution in [-0.4, -0.2) is 43.3 Å². The standard InChI is InChI=1S/C17H22N2O2/c18-13-14-5-1-3-7-16(14)20-11-9-19-10-12-21-17-8-4-2-6-15(17)19/h1,3,5,7,15,17H,2,4,6,8-12H2. The second kappa shape index (κ2) is 6.93. The molecule has 1 aromatic rings. The molecular formula is C17H22N2O2. The molecule has 2 atom stereocenters. The number of fused-ring (bicyclic) bond motifs is 1. The van der Waals surface area contributed by atoms with Gasteiger partial charge in [-0.15, -0.1) is 0 Å². The monoisotopic (exact) mass is 286 g/mol. The minimum Gasteiger partial charge on any atom is -0.491 e. The predicted molar refractivity (Wildman–Crippen MR) is 80.2 cm³/mol. The first-order valence-electron chi connectivity index (χ1n) is 7.86. The molecule has 0 aromatic heterocycles. The summed E-state index contributed by atoms with van der Waals surface area (Å²) in [5.74, 6) is 0.688. The van der Waals surface area contributed by atoms with Crippen molar-refractivity contribution in [2.24, 2.45) is 0 Å². The van der Waals surface area contributed by atoms with E-state index in [0.29, 0.717) is 30.1 Å². The summed E-state index contributed by atoms with van der Waals surface area (Å²) in [6.07, 6.45) is 5.44. The summed E-state index contributed by atoms with van der Waals surface area (Å²) in [6.45, 7) is 3.35. The van der Waals surface area contributed by atoms with Crippen molar-refractivity contribution in [2.75, 3.05) is 26.3 Å². The van der Waals surface area contributed by atoms with Gasteiger partial charge in [0.1, 0.15) is 18.4 Å². The second-order valence-corrected chi connectivity index (χ2v) is 5.75. The number of para-hydroxylation sites is 1. The largest absolute Gasteiger partial charge is 0.491 e. The number of nitrogens with zero attached hydrogens (tertiary/aromatic N) is 2. The molecule has 112 valence electrons. The van der Waals surface area contributed by atoms with Gasteiger partial charge in [-0.2, -0.15) is 5.26 Å². The number of benzene rings is 1.